The van der Waals surface area contributed by atoms with E-state index in [4.69, 9.17) is 0 Å². The summed E-state index contributed by atoms with van der Waals surface area (Å²) in [5.41, 5.74) is 24.7. The van der Waals surface area contributed by atoms with Crippen molar-refractivity contribution in [1.29, 1.82) is 0 Å². The van der Waals surface area contributed by atoms with E-state index in [1.54, 1.807) is 0 Å². The number of hydrogen-bond acceptors (Lipinski definition) is 3. The highest BCUT2D eigenvalue weighted by Gasteiger charge is 2.66. The first-order valence-electron chi connectivity index (χ1n) is 26.1. The molecule has 0 aromatic heterocycles. The first-order valence-corrected chi connectivity index (χ1v) is 26.1. The van der Waals surface area contributed by atoms with Crippen molar-refractivity contribution in [3.05, 3.63) is 226 Å². The molecule has 0 amide bonds. The average Bonchev–Trinajstić information content (AvgIpc) is 3.77. The lowest BCUT2D eigenvalue weighted by atomic mass is 9.33. The average molecular weight is 908 g/mol. The molecule has 344 valence electrons. The Hall–Kier alpha value is -6.78. The quantitative estimate of drug-likeness (QED) is 0.163. The smallest absolute Gasteiger partial charge is 0.252 e. The second-order valence-corrected chi connectivity index (χ2v) is 23.2. The fraction of sp³-hybridized carbons (Fsp3) is 0.273. The highest BCUT2D eigenvalue weighted by atomic mass is 15.3. The lowest BCUT2D eigenvalue weighted by molar-refractivity contribution is 0.215. The van der Waals surface area contributed by atoms with E-state index in [1.807, 2.05) is 0 Å². The minimum absolute atomic E-state index is 0.0182. The number of aryl methyl sites for hydroxylation is 3. The molecule has 2 aliphatic carbocycles. The number of fused-ring (bicyclic) bond motifs is 12. The van der Waals surface area contributed by atoms with Crippen LogP contribution in [-0.2, 0) is 28.2 Å². The summed E-state index contributed by atoms with van der Waals surface area (Å²) < 4.78 is 0. The van der Waals surface area contributed by atoms with Crippen LogP contribution in [-0.4, -0.2) is 12.3 Å². The summed E-state index contributed by atoms with van der Waals surface area (Å²) in [6.07, 6.45) is 6.70. The molecule has 70 heavy (non-hydrogen) atoms. The Morgan fingerprint density at radius 3 is 1.94 bits per heavy atom. The monoisotopic (exact) mass is 908 g/mol. The Labute approximate surface area is 415 Å². The number of benzene rings is 8. The summed E-state index contributed by atoms with van der Waals surface area (Å²) in [5, 5.41) is 0. The maximum Gasteiger partial charge on any atom is 0.252 e. The summed E-state index contributed by atoms with van der Waals surface area (Å²) in [6, 6.07) is 69.4. The van der Waals surface area contributed by atoms with E-state index in [1.165, 1.54) is 119 Å². The van der Waals surface area contributed by atoms with Gasteiger partial charge >= 0.3 is 0 Å². The molecule has 8 aromatic carbocycles. The molecule has 0 saturated heterocycles. The first-order chi connectivity index (χ1) is 33.9. The zero-order chi connectivity index (χ0) is 47.5. The molecular formula is C66H62BN3. The van der Waals surface area contributed by atoms with Gasteiger partial charge in [0, 0.05) is 45.2 Å². The van der Waals surface area contributed by atoms with Crippen molar-refractivity contribution in [3.63, 3.8) is 0 Å². The fourth-order valence-electron chi connectivity index (χ4n) is 15.8. The number of nitrogens with zero attached hydrogens (tertiary/aromatic N) is 3. The van der Waals surface area contributed by atoms with Gasteiger partial charge < -0.3 is 14.7 Å². The van der Waals surface area contributed by atoms with Crippen LogP contribution in [0.1, 0.15) is 117 Å². The molecule has 6 aliphatic rings. The van der Waals surface area contributed by atoms with Crippen molar-refractivity contribution in [2.75, 3.05) is 14.7 Å². The van der Waals surface area contributed by atoms with Crippen LogP contribution >= 0.6 is 0 Å². The van der Waals surface area contributed by atoms with Crippen LogP contribution in [0.2, 0.25) is 0 Å². The van der Waals surface area contributed by atoms with Gasteiger partial charge in [0.1, 0.15) is 0 Å². The van der Waals surface area contributed by atoms with Crippen LogP contribution in [0.25, 0.3) is 0 Å². The van der Waals surface area contributed by atoms with Crippen LogP contribution in [0.3, 0.4) is 0 Å². The number of hydrogen-bond donors (Lipinski definition) is 0. The van der Waals surface area contributed by atoms with Gasteiger partial charge in [0.2, 0.25) is 0 Å². The van der Waals surface area contributed by atoms with E-state index in [2.05, 4.69) is 239 Å². The maximum atomic E-state index is 2.93. The van der Waals surface area contributed by atoms with E-state index < -0.39 is 5.54 Å². The van der Waals surface area contributed by atoms with Crippen molar-refractivity contribution in [3.8, 4) is 0 Å². The Kier molecular flexibility index (Phi) is 8.67. The minimum atomic E-state index is -0.481. The number of para-hydroxylation sites is 1. The summed E-state index contributed by atoms with van der Waals surface area (Å²) >= 11 is 0. The lowest BCUT2D eigenvalue weighted by Crippen LogP contribution is -2.65. The fourth-order valence-corrected chi connectivity index (χ4v) is 15.8. The summed E-state index contributed by atoms with van der Waals surface area (Å²) in [6.45, 7) is 16.9. The van der Waals surface area contributed by atoms with Gasteiger partial charge in [-0.25, -0.2) is 0 Å². The van der Waals surface area contributed by atoms with Crippen LogP contribution in [0, 0.1) is 13.8 Å². The van der Waals surface area contributed by atoms with Gasteiger partial charge in [-0.05, 0) is 162 Å². The zero-order valence-corrected chi connectivity index (χ0v) is 41.9. The van der Waals surface area contributed by atoms with Gasteiger partial charge in [0.05, 0.1) is 16.5 Å². The molecule has 3 nitrogen and oxygen atoms in total. The van der Waals surface area contributed by atoms with Gasteiger partial charge in [-0.2, -0.15) is 0 Å². The predicted octanol–water partition coefficient (Wildman–Crippen LogP) is 14.3. The van der Waals surface area contributed by atoms with Crippen molar-refractivity contribution in [2.45, 2.75) is 114 Å². The second kappa shape index (κ2) is 14.4. The molecule has 4 heterocycles. The van der Waals surface area contributed by atoms with Crippen molar-refractivity contribution >= 4 is 62.9 Å². The lowest BCUT2D eigenvalue weighted by Gasteiger charge is -2.55. The van der Waals surface area contributed by atoms with Crippen molar-refractivity contribution < 1.29 is 0 Å². The normalized spacial score (nSPS) is 24.3. The zero-order valence-electron chi connectivity index (χ0n) is 41.9. The van der Waals surface area contributed by atoms with Gasteiger partial charge in [-0.1, -0.05) is 173 Å². The number of rotatable bonds is 4. The molecule has 8 aromatic rings. The maximum absolute atomic E-state index is 2.93. The number of anilines is 7. The van der Waals surface area contributed by atoms with Gasteiger partial charge in [-0.15, -0.1) is 0 Å². The second-order valence-electron chi connectivity index (χ2n) is 23.2. The SMILES string of the molecule is Cc1cccc(N2c3cc(C)ccc3B3c4cccc5c4N(c4cc(N6c7ccc(C(C)(C)C)cc7C7(c8ccccc8)CCc8ccccc8C67C)cc2c43)C2(C)CCCCC52c2ccccc2)c1. The summed E-state index contributed by atoms with van der Waals surface area (Å²) in [4.78, 5) is 8.42. The molecular weight excluding hydrogens is 846 g/mol. The predicted molar refractivity (Wildman–Crippen MR) is 295 cm³/mol. The van der Waals surface area contributed by atoms with E-state index in [9.17, 15) is 0 Å². The summed E-state index contributed by atoms with van der Waals surface area (Å²) in [5.74, 6) is 0. The highest BCUT2D eigenvalue weighted by Crippen LogP contribution is 2.69. The third-order valence-electron chi connectivity index (χ3n) is 18.8. The molecule has 0 radical (unpaired) electrons. The molecule has 0 spiro atoms. The van der Waals surface area contributed by atoms with E-state index >= 15 is 0 Å². The van der Waals surface area contributed by atoms with E-state index in [0.29, 0.717) is 0 Å². The topological polar surface area (TPSA) is 9.72 Å². The Morgan fingerprint density at radius 1 is 0.486 bits per heavy atom. The Bertz CT molecular complexity index is 3480. The van der Waals surface area contributed by atoms with Gasteiger partial charge in [0.25, 0.3) is 6.71 Å². The molecule has 14 rings (SSSR count). The molecule has 1 fully saturated rings. The molecule has 1 saturated carbocycles. The molecule has 4 unspecified atom stereocenters. The molecule has 4 heteroatoms. The minimum Gasteiger partial charge on any atom is -0.335 e. The standard InChI is InChI=1S/C66H62BN3/c1-43-20-18-26-49(38-43)68-57-39-44(2)30-32-54(57)67-55-29-19-28-52-61(55)70(63(6)35-16-17-36-65(52,63)46-22-10-8-11-23-46)59-42-50(41-58(68)60(59)67)69-56-33-31-48(62(3,4)5)40-53(56)66(47-24-12-9-13-25-47)37-34-45-21-14-15-27-51(45)64(66,69)7/h8-15,18-33,38-42H,16-17,34-37H2,1-7H3. The van der Waals surface area contributed by atoms with Gasteiger partial charge in [0.15, 0.2) is 0 Å². The van der Waals surface area contributed by atoms with E-state index in [-0.39, 0.29) is 28.5 Å². The molecule has 0 N–H and O–H groups in total. The van der Waals surface area contributed by atoms with E-state index in [0.717, 1.165) is 25.7 Å². The highest BCUT2D eigenvalue weighted by molar-refractivity contribution is 7.00. The van der Waals surface area contributed by atoms with Crippen LogP contribution in [0.15, 0.2) is 176 Å². The Morgan fingerprint density at radius 2 is 1.17 bits per heavy atom. The largest absolute Gasteiger partial charge is 0.335 e. The van der Waals surface area contributed by atoms with Crippen LogP contribution < -0.4 is 31.1 Å². The molecule has 4 atom stereocenters. The third-order valence-corrected chi connectivity index (χ3v) is 18.8. The molecule has 0 bridgehead atoms. The van der Waals surface area contributed by atoms with Crippen LogP contribution in [0.5, 0.6) is 0 Å². The van der Waals surface area contributed by atoms with Gasteiger partial charge in [-0.3, -0.25) is 0 Å². The molecule has 4 aliphatic heterocycles. The van der Waals surface area contributed by atoms with Crippen molar-refractivity contribution in [1.82, 2.24) is 0 Å². The Balaban J connectivity index is 1.14. The summed E-state index contributed by atoms with van der Waals surface area (Å²) in [7, 11) is 0. The van der Waals surface area contributed by atoms with Crippen LogP contribution in [0.4, 0.5) is 39.8 Å². The van der Waals surface area contributed by atoms with Crippen molar-refractivity contribution in [2.24, 2.45) is 0 Å². The first kappa shape index (κ1) is 42.1. The third kappa shape index (κ3) is 5.17.